The fourth-order valence-corrected chi connectivity index (χ4v) is 4.09. The normalized spacial score (nSPS) is 18.6. The molecule has 0 radical (unpaired) electrons. The van der Waals surface area contributed by atoms with Crippen molar-refractivity contribution in [2.45, 2.75) is 25.3 Å². The molecule has 0 aliphatic carbocycles. The van der Waals surface area contributed by atoms with Gasteiger partial charge in [-0.3, -0.25) is 9.59 Å². The fourth-order valence-electron chi connectivity index (χ4n) is 4.09. The Balaban J connectivity index is 1.47. The predicted octanol–water partition coefficient (Wildman–Crippen LogP) is 3.93. The van der Waals surface area contributed by atoms with Crippen molar-refractivity contribution in [3.63, 3.8) is 0 Å². The molecule has 0 bridgehead atoms. The van der Waals surface area contributed by atoms with Crippen molar-refractivity contribution in [3.05, 3.63) is 70.1 Å². The summed E-state index contributed by atoms with van der Waals surface area (Å²) in [6.45, 7) is 1.88. The Labute approximate surface area is 167 Å². The van der Waals surface area contributed by atoms with Gasteiger partial charge in [-0.25, -0.2) is 0 Å². The molecular formula is C23H21NO5. The number of para-hydroxylation sites is 1. The Kier molecular flexibility index (Phi) is 4.46. The minimum Gasteiger partial charge on any atom is -0.490 e. The highest BCUT2D eigenvalue weighted by molar-refractivity contribution is 5.93. The zero-order chi connectivity index (χ0) is 19.8. The number of nitrogens with zero attached hydrogens (tertiary/aromatic N) is 1. The molecule has 6 nitrogen and oxygen atoms in total. The van der Waals surface area contributed by atoms with E-state index in [4.69, 9.17) is 13.9 Å². The number of hydrogen-bond donors (Lipinski definition) is 0. The van der Waals surface area contributed by atoms with E-state index in [1.807, 2.05) is 18.2 Å². The van der Waals surface area contributed by atoms with Gasteiger partial charge >= 0.3 is 0 Å². The van der Waals surface area contributed by atoms with E-state index in [1.54, 1.807) is 29.2 Å². The second-order valence-electron chi connectivity index (χ2n) is 7.38. The Morgan fingerprint density at radius 2 is 1.79 bits per heavy atom. The molecule has 2 aliphatic heterocycles. The van der Waals surface area contributed by atoms with Crippen molar-refractivity contribution in [1.82, 2.24) is 4.90 Å². The molecule has 0 N–H and O–H groups in total. The third kappa shape index (κ3) is 3.24. The van der Waals surface area contributed by atoms with Gasteiger partial charge in [0.1, 0.15) is 5.58 Å². The number of fused-ring (bicyclic) bond motifs is 2. The van der Waals surface area contributed by atoms with Gasteiger partial charge < -0.3 is 18.8 Å². The van der Waals surface area contributed by atoms with Crippen molar-refractivity contribution in [2.24, 2.45) is 0 Å². The number of hydrogen-bond acceptors (Lipinski definition) is 5. The average molecular weight is 391 g/mol. The molecule has 1 unspecified atom stereocenters. The van der Waals surface area contributed by atoms with Crippen molar-refractivity contribution in [1.29, 1.82) is 0 Å². The minimum absolute atomic E-state index is 0.0787. The van der Waals surface area contributed by atoms with Crippen LogP contribution < -0.4 is 14.9 Å². The van der Waals surface area contributed by atoms with Crippen LogP contribution in [0.5, 0.6) is 11.5 Å². The summed E-state index contributed by atoms with van der Waals surface area (Å²) in [5.41, 5.74) is 1.22. The molecule has 3 aromatic rings. The maximum Gasteiger partial charge on any atom is 0.290 e. The maximum absolute atomic E-state index is 13.2. The van der Waals surface area contributed by atoms with Crippen LogP contribution in [0.4, 0.5) is 0 Å². The number of carbonyl (C=O) groups excluding carboxylic acids is 1. The van der Waals surface area contributed by atoms with Gasteiger partial charge in [0.25, 0.3) is 5.91 Å². The van der Waals surface area contributed by atoms with Crippen molar-refractivity contribution in [3.8, 4) is 11.5 Å². The SMILES string of the molecule is O=C(c1cc(=O)c2ccccc2o1)N1CCCC1c1ccc2c(c1)OCCCO2. The monoisotopic (exact) mass is 391 g/mol. The molecule has 2 aromatic carbocycles. The van der Waals surface area contributed by atoms with Gasteiger partial charge in [-0.15, -0.1) is 0 Å². The number of ether oxygens (including phenoxy) is 2. The van der Waals surface area contributed by atoms with Gasteiger partial charge in [0, 0.05) is 19.0 Å². The van der Waals surface area contributed by atoms with Crippen LogP contribution in [0, 0.1) is 0 Å². The van der Waals surface area contributed by atoms with E-state index >= 15 is 0 Å². The van der Waals surface area contributed by atoms with Crippen LogP contribution >= 0.6 is 0 Å². The summed E-state index contributed by atoms with van der Waals surface area (Å²) < 4.78 is 17.3. The summed E-state index contributed by atoms with van der Waals surface area (Å²) >= 11 is 0. The molecule has 148 valence electrons. The third-order valence-corrected chi connectivity index (χ3v) is 5.52. The standard InChI is InChI=1S/C23H21NO5/c25-18-14-22(29-19-7-2-1-5-16(18)19)23(26)24-10-3-6-17(24)15-8-9-20-21(13-15)28-12-4-11-27-20/h1-2,5,7-9,13-14,17H,3-4,6,10-12H2. The molecule has 0 spiro atoms. The summed E-state index contributed by atoms with van der Waals surface area (Å²) in [5.74, 6) is 1.27. The Hall–Kier alpha value is -3.28. The summed E-state index contributed by atoms with van der Waals surface area (Å²) in [6, 6.07) is 14.0. The number of carbonyl (C=O) groups is 1. The Morgan fingerprint density at radius 3 is 2.69 bits per heavy atom. The lowest BCUT2D eigenvalue weighted by molar-refractivity contribution is 0.0703. The third-order valence-electron chi connectivity index (χ3n) is 5.52. The van der Waals surface area contributed by atoms with Crippen LogP contribution in [-0.2, 0) is 0 Å². The van der Waals surface area contributed by atoms with Crippen LogP contribution in [0.1, 0.15) is 41.4 Å². The van der Waals surface area contributed by atoms with Gasteiger partial charge in [-0.2, -0.15) is 0 Å². The van der Waals surface area contributed by atoms with E-state index in [9.17, 15) is 9.59 Å². The summed E-state index contributed by atoms with van der Waals surface area (Å²) in [5, 5.41) is 0.477. The number of amides is 1. The minimum atomic E-state index is -0.262. The molecule has 5 rings (SSSR count). The quantitative estimate of drug-likeness (QED) is 0.662. The molecule has 1 atom stereocenters. The smallest absolute Gasteiger partial charge is 0.290 e. The van der Waals surface area contributed by atoms with E-state index in [0.717, 1.165) is 36.3 Å². The van der Waals surface area contributed by atoms with Crippen LogP contribution in [0.3, 0.4) is 0 Å². The first-order valence-electron chi connectivity index (χ1n) is 9.94. The topological polar surface area (TPSA) is 69.0 Å². The molecule has 1 aromatic heterocycles. The molecule has 1 fully saturated rings. The van der Waals surface area contributed by atoms with Crippen LogP contribution in [0.25, 0.3) is 11.0 Å². The first-order valence-corrected chi connectivity index (χ1v) is 9.94. The van der Waals surface area contributed by atoms with E-state index in [-0.39, 0.29) is 23.1 Å². The second kappa shape index (κ2) is 7.28. The van der Waals surface area contributed by atoms with Gasteiger partial charge in [0.05, 0.1) is 24.6 Å². The van der Waals surface area contributed by atoms with Crippen molar-refractivity contribution >= 4 is 16.9 Å². The summed E-state index contributed by atoms with van der Waals surface area (Å²) in [7, 11) is 0. The molecule has 1 amide bonds. The predicted molar refractivity (Wildman–Crippen MR) is 108 cm³/mol. The molecule has 29 heavy (non-hydrogen) atoms. The maximum atomic E-state index is 13.2. The zero-order valence-electron chi connectivity index (χ0n) is 15.9. The zero-order valence-corrected chi connectivity index (χ0v) is 15.9. The lowest BCUT2D eigenvalue weighted by Crippen LogP contribution is -2.31. The van der Waals surface area contributed by atoms with Crippen LogP contribution in [0.15, 0.2) is 57.7 Å². The number of benzene rings is 2. The fraction of sp³-hybridized carbons (Fsp3) is 0.304. The lowest BCUT2D eigenvalue weighted by Gasteiger charge is -2.25. The Morgan fingerprint density at radius 1 is 0.966 bits per heavy atom. The van der Waals surface area contributed by atoms with Gasteiger partial charge in [0.2, 0.25) is 0 Å². The average Bonchev–Trinajstić information content (AvgIpc) is 3.11. The van der Waals surface area contributed by atoms with Gasteiger partial charge in [-0.05, 0) is 42.7 Å². The van der Waals surface area contributed by atoms with Crippen LogP contribution in [0.2, 0.25) is 0 Å². The highest BCUT2D eigenvalue weighted by atomic mass is 16.5. The second-order valence-corrected chi connectivity index (χ2v) is 7.38. The van der Waals surface area contributed by atoms with Crippen molar-refractivity contribution < 1.29 is 18.7 Å². The molecular weight excluding hydrogens is 370 g/mol. The van der Waals surface area contributed by atoms with Gasteiger partial charge in [-0.1, -0.05) is 18.2 Å². The summed E-state index contributed by atoms with van der Waals surface area (Å²) in [6.07, 6.45) is 2.59. The Bertz CT molecular complexity index is 1140. The van der Waals surface area contributed by atoms with E-state index in [1.165, 1.54) is 6.07 Å². The molecule has 3 heterocycles. The molecule has 6 heteroatoms. The van der Waals surface area contributed by atoms with E-state index in [0.29, 0.717) is 30.7 Å². The van der Waals surface area contributed by atoms with E-state index < -0.39 is 0 Å². The molecule has 2 aliphatic rings. The highest BCUT2D eigenvalue weighted by Gasteiger charge is 2.32. The first-order chi connectivity index (χ1) is 14.2. The number of likely N-dealkylation sites (tertiary alicyclic amines) is 1. The lowest BCUT2D eigenvalue weighted by atomic mass is 10.0. The first kappa shape index (κ1) is 17.8. The van der Waals surface area contributed by atoms with Crippen molar-refractivity contribution in [2.75, 3.05) is 19.8 Å². The summed E-state index contributed by atoms with van der Waals surface area (Å²) in [4.78, 5) is 27.4. The van der Waals surface area contributed by atoms with Gasteiger partial charge in [0.15, 0.2) is 22.7 Å². The number of rotatable bonds is 2. The molecule has 1 saturated heterocycles. The van der Waals surface area contributed by atoms with Crippen LogP contribution in [-0.4, -0.2) is 30.6 Å². The largest absolute Gasteiger partial charge is 0.490 e. The van der Waals surface area contributed by atoms with E-state index in [2.05, 4.69) is 0 Å². The highest BCUT2D eigenvalue weighted by Crippen LogP contribution is 2.38. The molecule has 0 saturated carbocycles.